The second-order valence-corrected chi connectivity index (χ2v) is 7.01. The van der Waals surface area contributed by atoms with Gasteiger partial charge in [-0.05, 0) is 43.0 Å². The van der Waals surface area contributed by atoms with Crippen LogP contribution in [0.4, 0.5) is 5.69 Å². The lowest BCUT2D eigenvalue weighted by molar-refractivity contribution is 0.592. The van der Waals surface area contributed by atoms with Gasteiger partial charge in [0.1, 0.15) is 0 Å². The molecule has 2 rings (SSSR count). The Labute approximate surface area is 120 Å². The average molecular weight is 289 g/mol. The van der Waals surface area contributed by atoms with Crippen molar-refractivity contribution < 1.29 is 8.42 Å². The van der Waals surface area contributed by atoms with Gasteiger partial charge in [-0.2, -0.15) is 0 Å². The molecule has 0 aromatic heterocycles. The third-order valence-corrected chi connectivity index (χ3v) is 5.20. The second kappa shape index (κ2) is 6.09. The minimum absolute atomic E-state index is 0.145. The zero-order chi connectivity index (χ0) is 14.6. The van der Waals surface area contributed by atoms with Crippen LogP contribution in [-0.2, 0) is 16.3 Å². The molecule has 0 heterocycles. The first-order chi connectivity index (χ1) is 9.49. The van der Waals surface area contributed by atoms with Gasteiger partial charge in [0.25, 0.3) is 0 Å². The van der Waals surface area contributed by atoms with Gasteiger partial charge >= 0.3 is 0 Å². The number of benzene rings is 2. The molecule has 2 aromatic rings. The van der Waals surface area contributed by atoms with Gasteiger partial charge in [0.15, 0.2) is 9.84 Å². The van der Waals surface area contributed by atoms with Crippen molar-refractivity contribution in [2.45, 2.75) is 24.7 Å². The lowest BCUT2D eigenvalue weighted by Crippen LogP contribution is -2.10. The molecule has 0 saturated carbocycles. The molecule has 0 aliphatic rings. The van der Waals surface area contributed by atoms with Crippen LogP contribution in [0.3, 0.4) is 0 Å². The molecule has 2 N–H and O–H groups in total. The summed E-state index contributed by atoms with van der Waals surface area (Å²) in [6, 6.07) is 14.9. The predicted octanol–water partition coefficient (Wildman–Crippen LogP) is 2.98. The molecular formula is C16H19NO2S. The van der Waals surface area contributed by atoms with Crippen LogP contribution in [0.25, 0.3) is 0 Å². The highest BCUT2D eigenvalue weighted by atomic mass is 32.2. The van der Waals surface area contributed by atoms with Gasteiger partial charge in [0.2, 0.25) is 0 Å². The maximum absolute atomic E-state index is 12.3. The van der Waals surface area contributed by atoms with Crippen molar-refractivity contribution in [3.63, 3.8) is 0 Å². The van der Waals surface area contributed by atoms with Gasteiger partial charge in [0.05, 0.1) is 10.6 Å². The highest BCUT2D eigenvalue weighted by Crippen LogP contribution is 2.20. The van der Waals surface area contributed by atoms with Gasteiger partial charge < -0.3 is 5.73 Å². The van der Waals surface area contributed by atoms with E-state index in [0.717, 1.165) is 17.5 Å². The molecule has 106 valence electrons. The molecule has 0 unspecified atom stereocenters. The van der Waals surface area contributed by atoms with E-state index in [0.29, 0.717) is 17.0 Å². The summed E-state index contributed by atoms with van der Waals surface area (Å²) in [5, 5.41) is 0. The molecule has 0 radical (unpaired) electrons. The molecule has 0 atom stereocenters. The van der Waals surface area contributed by atoms with Crippen LogP contribution >= 0.6 is 0 Å². The van der Waals surface area contributed by atoms with Crippen LogP contribution in [0.2, 0.25) is 0 Å². The van der Waals surface area contributed by atoms with Crippen molar-refractivity contribution in [2.24, 2.45) is 0 Å². The molecule has 0 saturated heterocycles. The first kappa shape index (κ1) is 14.6. The lowest BCUT2D eigenvalue weighted by atomic mass is 10.1. The molecule has 0 spiro atoms. The summed E-state index contributed by atoms with van der Waals surface area (Å²) in [4.78, 5) is 0.352. The fourth-order valence-corrected chi connectivity index (χ4v) is 3.79. The van der Waals surface area contributed by atoms with Gasteiger partial charge in [0, 0.05) is 5.69 Å². The molecule has 2 aromatic carbocycles. The number of nitrogen functional groups attached to an aromatic ring is 1. The third kappa shape index (κ3) is 3.61. The summed E-state index contributed by atoms with van der Waals surface area (Å²) in [6.07, 6.45) is 1.38. The van der Waals surface area contributed by atoms with Gasteiger partial charge in [-0.3, -0.25) is 0 Å². The average Bonchev–Trinajstić information content (AvgIpc) is 2.42. The van der Waals surface area contributed by atoms with Gasteiger partial charge in [-0.15, -0.1) is 0 Å². The molecule has 3 nitrogen and oxygen atoms in total. The molecule has 0 aliphatic carbocycles. The van der Waals surface area contributed by atoms with Crippen molar-refractivity contribution in [1.82, 2.24) is 0 Å². The zero-order valence-electron chi connectivity index (χ0n) is 11.5. The number of anilines is 1. The molecule has 0 bridgehead atoms. The van der Waals surface area contributed by atoms with Crippen LogP contribution in [-0.4, -0.2) is 14.2 Å². The SMILES string of the molecule is Cc1ccc(N)cc1S(=O)(=O)CCCc1ccccc1. The number of rotatable bonds is 5. The van der Waals surface area contributed by atoms with E-state index in [9.17, 15) is 8.42 Å². The molecule has 0 aliphatic heterocycles. The largest absolute Gasteiger partial charge is 0.399 e. The van der Waals surface area contributed by atoms with Gasteiger partial charge in [-0.25, -0.2) is 8.42 Å². The molecule has 0 amide bonds. The predicted molar refractivity (Wildman–Crippen MR) is 82.4 cm³/mol. The number of aryl methyl sites for hydroxylation is 2. The van der Waals surface area contributed by atoms with E-state index in [1.165, 1.54) is 0 Å². The zero-order valence-corrected chi connectivity index (χ0v) is 12.4. The van der Waals surface area contributed by atoms with E-state index < -0.39 is 9.84 Å². The number of hydrogen-bond donors (Lipinski definition) is 1. The van der Waals surface area contributed by atoms with Crippen LogP contribution < -0.4 is 5.73 Å². The minimum atomic E-state index is -3.26. The Bertz CT molecular complexity index is 679. The Kier molecular flexibility index (Phi) is 4.45. The lowest BCUT2D eigenvalue weighted by Gasteiger charge is -2.08. The smallest absolute Gasteiger partial charge is 0.178 e. The fraction of sp³-hybridized carbons (Fsp3) is 0.250. The van der Waals surface area contributed by atoms with E-state index >= 15 is 0 Å². The Hall–Kier alpha value is -1.81. The second-order valence-electron chi connectivity index (χ2n) is 4.93. The number of hydrogen-bond acceptors (Lipinski definition) is 3. The van der Waals surface area contributed by atoms with Crippen LogP contribution in [0.15, 0.2) is 53.4 Å². The van der Waals surface area contributed by atoms with E-state index in [-0.39, 0.29) is 5.75 Å². The summed E-state index contributed by atoms with van der Waals surface area (Å²) in [7, 11) is -3.26. The summed E-state index contributed by atoms with van der Waals surface area (Å²) >= 11 is 0. The van der Waals surface area contributed by atoms with E-state index in [4.69, 9.17) is 5.73 Å². The highest BCUT2D eigenvalue weighted by molar-refractivity contribution is 7.91. The monoisotopic (exact) mass is 289 g/mol. The summed E-state index contributed by atoms with van der Waals surface area (Å²) in [5.41, 5.74) is 8.07. The molecule has 0 fully saturated rings. The topological polar surface area (TPSA) is 60.2 Å². The van der Waals surface area contributed by atoms with Crippen molar-refractivity contribution in [1.29, 1.82) is 0 Å². The Morgan fingerprint density at radius 2 is 1.75 bits per heavy atom. The molecular weight excluding hydrogens is 270 g/mol. The quantitative estimate of drug-likeness (QED) is 0.861. The maximum atomic E-state index is 12.3. The van der Waals surface area contributed by atoms with E-state index in [1.807, 2.05) is 30.3 Å². The van der Waals surface area contributed by atoms with Crippen molar-refractivity contribution in [2.75, 3.05) is 11.5 Å². The standard InChI is InChI=1S/C16H19NO2S/c1-13-9-10-15(17)12-16(13)20(18,19)11-5-8-14-6-3-2-4-7-14/h2-4,6-7,9-10,12H,5,8,11,17H2,1H3. The fourth-order valence-electron chi connectivity index (χ4n) is 2.17. The number of sulfone groups is 1. The van der Waals surface area contributed by atoms with Crippen LogP contribution in [0.5, 0.6) is 0 Å². The summed E-state index contributed by atoms with van der Waals surface area (Å²) in [5.74, 6) is 0.145. The highest BCUT2D eigenvalue weighted by Gasteiger charge is 2.16. The van der Waals surface area contributed by atoms with Crippen molar-refractivity contribution in [3.8, 4) is 0 Å². The van der Waals surface area contributed by atoms with E-state index in [1.54, 1.807) is 25.1 Å². The van der Waals surface area contributed by atoms with Crippen LogP contribution in [0, 0.1) is 6.92 Å². The molecule has 20 heavy (non-hydrogen) atoms. The normalized spacial score (nSPS) is 11.4. The van der Waals surface area contributed by atoms with Gasteiger partial charge in [-0.1, -0.05) is 36.4 Å². The Morgan fingerprint density at radius 3 is 2.45 bits per heavy atom. The number of nitrogens with two attached hydrogens (primary N) is 1. The van der Waals surface area contributed by atoms with Crippen LogP contribution in [0.1, 0.15) is 17.5 Å². The maximum Gasteiger partial charge on any atom is 0.178 e. The molecule has 4 heteroatoms. The first-order valence-corrected chi connectivity index (χ1v) is 8.27. The Balaban J connectivity index is 2.06. The van der Waals surface area contributed by atoms with Crippen molar-refractivity contribution in [3.05, 3.63) is 59.7 Å². The summed E-state index contributed by atoms with van der Waals surface area (Å²) < 4.78 is 24.7. The summed E-state index contributed by atoms with van der Waals surface area (Å²) in [6.45, 7) is 1.80. The minimum Gasteiger partial charge on any atom is -0.399 e. The van der Waals surface area contributed by atoms with E-state index in [2.05, 4.69) is 0 Å². The Morgan fingerprint density at radius 1 is 1.05 bits per heavy atom. The van der Waals surface area contributed by atoms with Crippen molar-refractivity contribution >= 4 is 15.5 Å². The first-order valence-electron chi connectivity index (χ1n) is 6.62. The third-order valence-electron chi connectivity index (χ3n) is 3.27.